The molecule has 0 aliphatic heterocycles. The highest BCUT2D eigenvalue weighted by molar-refractivity contribution is 6.00. The van der Waals surface area contributed by atoms with Crippen LogP contribution in [0, 0.1) is 0 Å². The van der Waals surface area contributed by atoms with Gasteiger partial charge in [-0.3, -0.25) is 4.79 Å². The van der Waals surface area contributed by atoms with Gasteiger partial charge in [-0.25, -0.2) is 9.97 Å². The predicted molar refractivity (Wildman–Crippen MR) is 129 cm³/mol. The molecule has 3 aromatic heterocycles. The molecule has 10 heteroatoms. The molecule has 3 heterocycles. The third-order valence-electron chi connectivity index (χ3n) is 6.68. The third-order valence-corrected chi connectivity index (χ3v) is 6.68. The Morgan fingerprint density at radius 3 is 2.65 bits per heavy atom. The van der Waals surface area contributed by atoms with E-state index < -0.39 is 0 Å². The monoisotopic (exact) mass is 465 g/mol. The molecule has 0 radical (unpaired) electrons. The fourth-order valence-corrected chi connectivity index (χ4v) is 4.44. The lowest BCUT2D eigenvalue weighted by atomic mass is 9.93. The molecule has 2 fully saturated rings. The van der Waals surface area contributed by atoms with Crippen LogP contribution in [-0.4, -0.2) is 57.9 Å². The zero-order valence-electron chi connectivity index (χ0n) is 19.6. The minimum atomic E-state index is -0.150. The zero-order valence-corrected chi connectivity index (χ0v) is 19.6. The van der Waals surface area contributed by atoms with Crippen LogP contribution in [0.4, 0.5) is 17.3 Å². The molecule has 34 heavy (non-hydrogen) atoms. The van der Waals surface area contributed by atoms with Gasteiger partial charge in [0.15, 0.2) is 5.65 Å². The number of aromatic nitrogens is 4. The quantitative estimate of drug-likeness (QED) is 0.463. The molecule has 180 valence electrons. The van der Waals surface area contributed by atoms with Gasteiger partial charge in [0.2, 0.25) is 5.88 Å². The van der Waals surface area contributed by atoms with Crippen LogP contribution >= 0.6 is 0 Å². The molecule has 0 atom stereocenters. The molecule has 10 nitrogen and oxygen atoms in total. The highest BCUT2D eigenvalue weighted by Crippen LogP contribution is 2.31. The van der Waals surface area contributed by atoms with Crippen LogP contribution in [0.5, 0.6) is 5.88 Å². The minimum Gasteiger partial charge on any atom is -0.473 e. The fourth-order valence-electron chi connectivity index (χ4n) is 4.44. The fraction of sp³-hybridized carbons (Fsp3) is 0.500. The molecular weight excluding hydrogens is 434 g/mol. The van der Waals surface area contributed by atoms with Crippen molar-refractivity contribution in [2.75, 3.05) is 24.8 Å². The van der Waals surface area contributed by atoms with Crippen LogP contribution in [0.2, 0.25) is 0 Å². The Morgan fingerprint density at radius 2 is 1.94 bits per heavy atom. The maximum atomic E-state index is 12.8. The lowest BCUT2D eigenvalue weighted by Gasteiger charge is -2.28. The van der Waals surface area contributed by atoms with Crippen molar-refractivity contribution in [3.63, 3.8) is 0 Å². The molecule has 0 spiro atoms. The van der Waals surface area contributed by atoms with Crippen molar-refractivity contribution >= 4 is 28.9 Å². The van der Waals surface area contributed by atoms with Crippen LogP contribution in [0.3, 0.4) is 0 Å². The Hall–Kier alpha value is -3.40. The summed E-state index contributed by atoms with van der Waals surface area (Å²) in [5.74, 6) is 1.66. The van der Waals surface area contributed by atoms with Crippen molar-refractivity contribution in [2.45, 2.75) is 63.2 Å². The number of methoxy groups -OCH3 is 1. The summed E-state index contributed by atoms with van der Waals surface area (Å²) in [6.45, 7) is 0. The van der Waals surface area contributed by atoms with Crippen molar-refractivity contribution in [3.05, 3.63) is 36.2 Å². The third kappa shape index (κ3) is 4.63. The van der Waals surface area contributed by atoms with E-state index in [4.69, 9.17) is 14.5 Å². The average Bonchev–Trinajstić information content (AvgIpc) is 3.26. The number of carbonyl (C=O) groups excluding carboxylic acids is 1. The van der Waals surface area contributed by atoms with Crippen LogP contribution in [0.1, 0.15) is 55.3 Å². The van der Waals surface area contributed by atoms with Crippen LogP contribution in [0.25, 0.3) is 5.65 Å². The van der Waals surface area contributed by atoms with E-state index in [-0.39, 0.29) is 18.1 Å². The molecule has 2 aliphatic carbocycles. The van der Waals surface area contributed by atoms with Gasteiger partial charge in [0.1, 0.15) is 29.0 Å². The number of nitrogens with zero attached hydrogens (tertiary/aromatic N) is 4. The first-order chi connectivity index (χ1) is 16.6. The molecule has 0 saturated heterocycles. The van der Waals surface area contributed by atoms with E-state index >= 15 is 0 Å². The average molecular weight is 466 g/mol. The molecule has 1 amide bonds. The lowest BCUT2D eigenvalue weighted by molar-refractivity contribution is 0.0317. The van der Waals surface area contributed by atoms with Gasteiger partial charge in [0.05, 0.1) is 12.3 Å². The summed E-state index contributed by atoms with van der Waals surface area (Å²) < 4.78 is 13.4. The van der Waals surface area contributed by atoms with Crippen molar-refractivity contribution in [1.82, 2.24) is 24.9 Å². The molecule has 0 aromatic carbocycles. The molecule has 2 saturated carbocycles. The maximum Gasteiger partial charge on any atom is 0.256 e. The van der Waals surface area contributed by atoms with Crippen LogP contribution in [-0.2, 0) is 4.74 Å². The number of ether oxygens (including phenoxy) is 2. The second-order valence-electron chi connectivity index (χ2n) is 8.90. The topological polar surface area (TPSA) is 115 Å². The van der Waals surface area contributed by atoms with Crippen molar-refractivity contribution in [1.29, 1.82) is 0 Å². The summed E-state index contributed by atoms with van der Waals surface area (Å²) in [6, 6.07) is 5.84. The summed E-state index contributed by atoms with van der Waals surface area (Å²) in [5.41, 5.74) is 1.65. The molecule has 3 N–H and O–H groups in total. The minimum absolute atomic E-state index is 0.0989. The number of amides is 1. The number of anilines is 3. The van der Waals surface area contributed by atoms with Crippen molar-refractivity contribution in [3.8, 4) is 5.88 Å². The molecule has 2 aliphatic rings. The molecular formula is C24H31N7O3. The predicted octanol–water partition coefficient (Wildman–Crippen LogP) is 3.53. The van der Waals surface area contributed by atoms with Gasteiger partial charge >= 0.3 is 0 Å². The highest BCUT2D eigenvalue weighted by Gasteiger charge is 2.25. The van der Waals surface area contributed by atoms with Gasteiger partial charge in [0.25, 0.3) is 5.91 Å². The van der Waals surface area contributed by atoms with E-state index in [0.29, 0.717) is 34.8 Å². The van der Waals surface area contributed by atoms with Crippen molar-refractivity contribution in [2.24, 2.45) is 0 Å². The Morgan fingerprint density at radius 1 is 1.15 bits per heavy atom. The second-order valence-corrected chi connectivity index (χ2v) is 8.90. The van der Waals surface area contributed by atoms with E-state index in [1.807, 2.05) is 25.2 Å². The number of pyridine rings is 1. The molecule has 0 bridgehead atoms. The first-order valence-corrected chi connectivity index (χ1v) is 11.9. The first-order valence-electron chi connectivity index (χ1n) is 11.9. The molecule has 5 rings (SSSR count). The first kappa shape index (κ1) is 22.4. The van der Waals surface area contributed by atoms with Gasteiger partial charge in [-0.05, 0) is 57.1 Å². The van der Waals surface area contributed by atoms with Gasteiger partial charge in [-0.1, -0.05) is 0 Å². The van der Waals surface area contributed by atoms with Crippen molar-refractivity contribution < 1.29 is 14.3 Å². The summed E-state index contributed by atoms with van der Waals surface area (Å²) >= 11 is 0. The number of fused-ring (bicyclic) bond motifs is 1. The van der Waals surface area contributed by atoms with Crippen LogP contribution < -0.4 is 20.7 Å². The van der Waals surface area contributed by atoms with E-state index in [0.717, 1.165) is 50.6 Å². The van der Waals surface area contributed by atoms with Gasteiger partial charge < -0.3 is 25.4 Å². The molecule has 0 unspecified atom stereocenters. The van der Waals surface area contributed by atoms with E-state index in [2.05, 4.69) is 26.0 Å². The SMILES string of the molecule is CNc1cc(Nc2cccnc2OC2CCC(OC)CC2)nc2c(C(=O)NC3CCC3)cnn12. The Bertz CT molecular complexity index is 1150. The lowest BCUT2D eigenvalue weighted by Crippen LogP contribution is -2.39. The summed E-state index contributed by atoms with van der Waals surface area (Å²) in [5, 5.41) is 13.9. The Labute approximate surface area is 198 Å². The largest absolute Gasteiger partial charge is 0.473 e. The number of carbonyl (C=O) groups is 1. The van der Waals surface area contributed by atoms with E-state index in [9.17, 15) is 4.79 Å². The summed E-state index contributed by atoms with van der Waals surface area (Å²) in [6.07, 6.45) is 10.7. The number of rotatable bonds is 8. The highest BCUT2D eigenvalue weighted by atomic mass is 16.5. The summed E-state index contributed by atoms with van der Waals surface area (Å²) in [4.78, 5) is 22.0. The molecule has 3 aromatic rings. The second kappa shape index (κ2) is 9.84. The van der Waals surface area contributed by atoms with Crippen LogP contribution in [0.15, 0.2) is 30.6 Å². The van der Waals surface area contributed by atoms with Gasteiger partial charge in [-0.15, -0.1) is 0 Å². The van der Waals surface area contributed by atoms with Gasteiger partial charge in [-0.2, -0.15) is 9.61 Å². The van der Waals surface area contributed by atoms with E-state index in [1.165, 1.54) is 0 Å². The maximum absolute atomic E-state index is 12.8. The Kier molecular flexibility index (Phi) is 6.48. The zero-order chi connectivity index (χ0) is 23.5. The number of nitrogens with one attached hydrogen (secondary N) is 3. The van der Waals surface area contributed by atoms with Gasteiger partial charge in [0, 0.05) is 32.5 Å². The standard InChI is InChI=1S/C24H31N7O3/c1-25-21-13-20(30-22-18(14-27-31(21)22)23(32)28-15-5-3-6-15)29-19-7-4-12-26-24(19)34-17-10-8-16(33-2)9-11-17/h4,7,12-17,25H,3,5-6,8-11H2,1-2H3,(H,28,32)(H,29,30). The normalized spacial score (nSPS) is 20.5. The van der Waals surface area contributed by atoms with E-state index in [1.54, 1.807) is 24.0 Å². The smallest absolute Gasteiger partial charge is 0.256 e. The summed E-state index contributed by atoms with van der Waals surface area (Å²) in [7, 11) is 3.57. The number of hydrogen-bond acceptors (Lipinski definition) is 8. The number of hydrogen-bond donors (Lipinski definition) is 3. The Balaban J connectivity index is 1.38.